The monoisotopic (exact) mass is 481 g/mol. The molecule has 4 rings (SSSR count). The van der Waals surface area contributed by atoms with Gasteiger partial charge in [-0.3, -0.25) is 9.59 Å². The van der Waals surface area contributed by atoms with Crippen LogP contribution in [0.3, 0.4) is 0 Å². The van der Waals surface area contributed by atoms with Gasteiger partial charge in [-0.1, -0.05) is 38.1 Å². The first kappa shape index (κ1) is 23.9. The van der Waals surface area contributed by atoms with E-state index in [4.69, 9.17) is 0 Å². The number of anilines is 2. The van der Waals surface area contributed by atoms with E-state index < -0.39 is 17.8 Å². The molecule has 0 saturated heterocycles. The van der Waals surface area contributed by atoms with E-state index in [1.807, 2.05) is 26.0 Å². The van der Waals surface area contributed by atoms with E-state index in [1.54, 1.807) is 36.4 Å². The van der Waals surface area contributed by atoms with Gasteiger partial charge in [0.2, 0.25) is 5.91 Å². The molecule has 0 radical (unpaired) electrons. The van der Waals surface area contributed by atoms with Crippen molar-refractivity contribution in [3.05, 3.63) is 77.6 Å². The molecular formula is C25H22F3N5O2. The van der Waals surface area contributed by atoms with Crippen molar-refractivity contribution in [3.63, 3.8) is 0 Å². The van der Waals surface area contributed by atoms with Crippen molar-refractivity contribution in [2.75, 3.05) is 10.6 Å². The molecule has 180 valence electrons. The maximum Gasteiger partial charge on any atom is 0.433 e. The molecule has 0 bridgehead atoms. The third kappa shape index (κ3) is 5.16. The summed E-state index contributed by atoms with van der Waals surface area (Å²) in [5.74, 6) is -0.641. The summed E-state index contributed by atoms with van der Waals surface area (Å²) in [6.07, 6.45) is -3.66. The molecule has 4 aromatic rings. The molecule has 0 fully saturated rings. The zero-order valence-electron chi connectivity index (χ0n) is 19.1. The molecule has 2 aromatic carbocycles. The number of carbonyl (C=O) groups excluding carboxylic acids is 2. The fraction of sp³-hybridized carbons (Fsp3) is 0.200. The van der Waals surface area contributed by atoms with Crippen LogP contribution >= 0.6 is 0 Å². The highest BCUT2D eigenvalue weighted by Gasteiger charge is 2.36. The normalized spacial score (nSPS) is 11.6. The first-order valence-corrected chi connectivity index (χ1v) is 10.8. The van der Waals surface area contributed by atoms with Crippen LogP contribution in [0.5, 0.6) is 0 Å². The lowest BCUT2D eigenvalue weighted by molar-refractivity contribution is -0.142. The van der Waals surface area contributed by atoms with Gasteiger partial charge < -0.3 is 10.6 Å². The zero-order chi connectivity index (χ0) is 25.3. The third-order valence-electron chi connectivity index (χ3n) is 5.34. The molecule has 2 N–H and O–H groups in total. The van der Waals surface area contributed by atoms with Gasteiger partial charge in [0.1, 0.15) is 5.56 Å². The number of hydrogen-bond donors (Lipinski definition) is 2. The fourth-order valence-electron chi connectivity index (χ4n) is 3.55. The highest BCUT2D eigenvalue weighted by molar-refractivity contribution is 6.08. The Kier molecular flexibility index (Phi) is 6.29. The highest BCUT2D eigenvalue weighted by Crippen LogP contribution is 2.33. The Morgan fingerprint density at radius 3 is 2.09 bits per heavy atom. The Morgan fingerprint density at radius 1 is 0.943 bits per heavy atom. The molecule has 0 unspecified atom stereocenters. The molecule has 0 spiro atoms. The average molecular weight is 481 g/mol. The molecule has 0 aliphatic carbocycles. The van der Waals surface area contributed by atoms with E-state index in [9.17, 15) is 22.8 Å². The summed E-state index contributed by atoms with van der Waals surface area (Å²) >= 11 is 0. The van der Waals surface area contributed by atoms with Crippen LogP contribution in [0.15, 0.2) is 60.8 Å². The van der Waals surface area contributed by atoms with Crippen LogP contribution in [0.25, 0.3) is 16.9 Å². The number of benzene rings is 2. The van der Waals surface area contributed by atoms with Crippen LogP contribution in [0.1, 0.15) is 48.3 Å². The molecule has 0 aliphatic heterocycles. The fourth-order valence-corrected chi connectivity index (χ4v) is 3.55. The number of hydrogen-bond acceptors (Lipinski definition) is 4. The van der Waals surface area contributed by atoms with E-state index in [0.29, 0.717) is 21.5 Å². The molecule has 7 nitrogen and oxygen atoms in total. The summed E-state index contributed by atoms with van der Waals surface area (Å²) in [5.41, 5.74) is 1.18. The smallest absolute Gasteiger partial charge is 0.326 e. The van der Waals surface area contributed by atoms with Crippen LogP contribution < -0.4 is 10.6 Å². The van der Waals surface area contributed by atoms with E-state index in [0.717, 1.165) is 17.8 Å². The van der Waals surface area contributed by atoms with Crippen molar-refractivity contribution in [2.24, 2.45) is 0 Å². The molecule has 2 heterocycles. The SMILES string of the molecule is CC(=O)Nc1ccc(NC(=O)c2cnn3c(C(F)(F)F)cc(-c4ccc(C(C)C)cc4)nc23)cc1. The predicted octanol–water partition coefficient (Wildman–Crippen LogP) is 5.75. The van der Waals surface area contributed by atoms with Gasteiger partial charge in [0.25, 0.3) is 5.91 Å². The van der Waals surface area contributed by atoms with Gasteiger partial charge in [-0.15, -0.1) is 0 Å². The van der Waals surface area contributed by atoms with Crippen molar-refractivity contribution in [3.8, 4) is 11.3 Å². The number of halogens is 3. The Balaban J connectivity index is 1.72. The Hall–Kier alpha value is -4.21. The second-order valence-electron chi connectivity index (χ2n) is 8.31. The first-order valence-electron chi connectivity index (χ1n) is 10.8. The molecule has 0 aliphatic rings. The molecule has 2 amide bonds. The van der Waals surface area contributed by atoms with Crippen LogP contribution in [0, 0.1) is 0 Å². The zero-order valence-corrected chi connectivity index (χ0v) is 19.1. The molecule has 2 aromatic heterocycles. The van der Waals surface area contributed by atoms with Gasteiger partial charge in [-0.25, -0.2) is 9.50 Å². The summed E-state index contributed by atoms with van der Waals surface area (Å²) in [4.78, 5) is 28.4. The maximum absolute atomic E-state index is 13.8. The van der Waals surface area contributed by atoms with Gasteiger partial charge in [0.05, 0.1) is 11.9 Å². The lowest BCUT2D eigenvalue weighted by atomic mass is 10.0. The van der Waals surface area contributed by atoms with Crippen molar-refractivity contribution in [1.29, 1.82) is 0 Å². The van der Waals surface area contributed by atoms with Crippen LogP contribution in [0.2, 0.25) is 0 Å². The highest BCUT2D eigenvalue weighted by atomic mass is 19.4. The quantitative estimate of drug-likeness (QED) is 0.380. The molecule has 35 heavy (non-hydrogen) atoms. The van der Waals surface area contributed by atoms with Crippen molar-refractivity contribution in [2.45, 2.75) is 32.9 Å². The predicted molar refractivity (Wildman–Crippen MR) is 126 cm³/mol. The van der Waals surface area contributed by atoms with Gasteiger partial charge in [-0.05, 0) is 41.8 Å². The van der Waals surface area contributed by atoms with E-state index >= 15 is 0 Å². The van der Waals surface area contributed by atoms with Gasteiger partial charge >= 0.3 is 6.18 Å². The average Bonchev–Trinajstić information content (AvgIpc) is 3.23. The number of aromatic nitrogens is 3. The summed E-state index contributed by atoms with van der Waals surface area (Å²) in [7, 11) is 0. The standard InChI is InChI=1S/C25H22F3N5O2/c1-14(2)16-4-6-17(7-5-16)21-12-22(25(26,27)28)33-23(32-21)20(13-29-33)24(35)31-19-10-8-18(9-11-19)30-15(3)34/h4-14H,1-3H3,(H,30,34)(H,31,35). The molecule has 0 atom stereocenters. The minimum atomic E-state index is -4.72. The number of rotatable bonds is 5. The third-order valence-corrected chi connectivity index (χ3v) is 5.34. The minimum Gasteiger partial charge on any atom is -0.326 e. The first-order chi connectivity index (χ1) is 16.5. The minimum absolute atomic E-state index is 0.0781. The van der Waals surface area contributed by atoms with E-state index in [1.165, 1.54) is 6.92 Å². The summed E-state index contributed by atoms with van der Waals surface area (Å²) < 4.78 is 42.2. The topological polar surface area (TPSA) is 88.4 Å². The van der Waals surface area contributed by atoms with Gasteiger partial charge in [0.15, 0.2) is 11.3 Å². The number of amides is 2. The lowest BCUT2D eigenvalue weighted by Gasteiger charge is -2.12. The van der Waals surface area contributed by atoms with Crippen LogP contribution in [-0.2, 0) is 11.0 Å². The Morgan fingerprint density at radius 2 is 1.54 bits per heavy atom. The molecule has 0 saturated carbocycles. The number of alkyl halides is 3. The molecular weight excluding hydrogens is 459 g/mol. The second kappa shape index (κ2) is 9.21. The Labute approximate surface area is 199 Å². The van der Waals surface area contributed by atoms with Crippen LogP contribution in [-0.4, -0.2) is 26.4 Å². The number of carbonyl (C=O) groups is 2. The summed E-state index contributed by atoms with van der Waals surface area (Å²) in [6, 6.07) is 14.3. The second-order valence-corrected chi connectivity index (χ2v) is 8.31. The van der Waals surface area contributed by atoms with E-state index in [2.05, 4.69) is 20.7 Å². The van der Waals surface area contributed by atoms with Gasteiger partial charge in [-0.2, -0.15) is 18.3 Å². The number of nitrogens with zero attached hydrogens (tertiary/aromatic N) is 3. The van der Waals surface area contributed by atoms with Crippen molar-refractivity contribution < 1.29 is 22.8 Å². The van der Waals surface area contributed by atoms with Crippen molar-refractivity contribution in [1.82, 2.24) is 14.6 Å². The number of nitrogens with one attached hydrogen (secondary N) is 2. The molecule has 10 heteroatoms. The van der Waals surface area contributed by atoms with Crippen molar-refractivity contribution >= 4 is 28.8 Å². The Bertz CT molecular complexity index is 1390. The van der Waals surface area contributed by atoms with Gasteiger partial charge in [0, 0.05) is 23.9 Å². The summed E-state index contributed by atoms with van der Waals surface area (Å²) in [5, 5.41) is 9.03. The largest absolute Gasteiger partial charge is 0.433 e. The van der Waals surface area contributed by atoms with E-state index in [-0.39, 0.29) is 28.7 Å². The maximum atomic E-state index is 13.8. The summed E-state index contributed by atoms with van der Waals surface area (Å²) in [6.45, 7) is 5.41. The lowest BCUT2D eigenvalue weighted by Crippen LogP contribution is -2.16. The number of fused-ring (bicyclic) bond motifs is 1. The van der Waals surface area contributed by atoms with Crippen LogP contribution in [0.4, 0.5) is 24.5 Å².